The van der Waals surface area contributed by atoms with Gasteiger partial charge in [0, 0.05) is 12.8 Å². The average molecular weight is 988 g/mol. The number of carbonyl (C=O) groups excluding carboxylic acids is 2. The van der Waals surface area contributed by atoms with Crippen molar-refractivity contribution in [3.63, 3.8) is 0 Å². The standard InChI is InChI=1S/C65H126O5/c1-3-5-7-9-11-13-15-17-19-21-23-25-27-28-29-30-31-32-33-34-35-36-38-40-42-44-46-48-50-52-54-56-58-60-65(68)70-63(61-66)62-69-64(67)59-57-55-53-51-49-47-45-43-41-39-37-26-24-22-20-18-16-14-12-10-8-6-4-2/h21,23,63,66H,3-20,22,24-62H2,1-2H3/b23-21-. The van der Waals surface area contributed by atoms with E-state index in [1.807, 2.05) is 0 Å². The van der Waals surface area contributed by atoms with Gasteiger partial charge in [0.05, 0.1) is 6.61 Å². The molecule has 5 heteroatoms. The zero-order chi connectivity index (χ0) is 50.6. The smallest absolute Gasteiger partial charge is 0.306 e. The molecule has 416 valence electrons. The molecule has 0 bridgehead atoms. The van der Waals surface area contributed by atoms with Gasteiger partial charge in [-0.3, -0.25) is 9.59 Å². The molecule has 0 aromatic rings. The fourth-order valence-electron chi connectivity index (χ4n) is 10.2. The first kappa shape index (κ1) is 68.6. The van der Waals surface area contributed by atoms with Crippen molar-refractivity contribution < 1.29 is 24.2 Å². The van der Waals surface area contributed by atoms with Gasteiger partial charge in [0.25, 0.3) is 0 Å². The molecule has 70 heavy (non-hydrogen) atoms. The molecule has 0 aliphatic rings. The lowest BCUT2D eigenvalue weighted by Gasteiger charge is -2.15. The maximum absolute atomic E-state index is 12.3. The maximum Gasteiger partial charge on any atom is 0.306 e. The zero-order valence-corrected chi connectivity index (χ0v) is 47.8. The minimum atomic E-state index is -0.766. The number of esters is 2. The largest absolute Gasteiger partial charge is 0.462 e. The molecule has 1 unspecified atom stereocenters. The normalized spacial score (nSPS) is 12.1. The van der Waals surface area contributed by atoms with Crippen LogP contribution in [-0.4, -0.2) is 36.4 Å². The Bertz CT molecular complexity index is 1030. The quantitative estimate of drug-likeness (QED) is 0.0373. The van der Waals surface area contributed by atoms with Crippen LogP contribution in [0.3, 0.4) is 0 Å². The van der Waals surface area contributed by atoms with Gasteiger partial charge in [-0.1, -0.05) is 334 Å². The maximum atomic E-state index is 12.3. The lowest BCUT2D eigenvalue weighted by atomic mass is 10.0. The Labute approximate surface area is 439 Å². The lowest BCUT2D eigenvalue weighted by molar-refractivity contribution is -0.161. The van der Waals surface area contributed by atoms with E-state index in [0.717, 1.165) is 32.1 Å². The van der Waals surface area contributed by atoms with E-state index in [1.54, 1.807) is 0 Å². The first-order valence-electron chi connectivity index (χ1n) is 32.2. The van der Waals surface area contributed by atoms with Crippen molar-refractivity contribution in [2.75, 3.05) is 13.2 Å². The van der Waals surface area contributed by atoms with Crippen LogP contribution < -0.4 is 0 Å². The summed E-state index contributed by atoms with van der Waals surface area (Å²) in [6.45, 7) is 4.21. The van der Waals surface area contributed by atoms with Crippen LogP contribution in [0.1, 0.15) is 373 Å². The van der Waals surface area contributed by atoms with Crippen molar-refractivity contribution in [1.82, 2.24) is 0 Å². The number of ether oxygens (including phenoxy) is 2. The van der Waals surface area contributed by atoms with Crippen LogP contribution in [0.15, 0.2) is 12.2 Å². The summed E-state index contributed by atoms with van der Waals surface area (Å²) in [4.78, 5) is 24.6. The SMILES string of the molecule is CCCCCCCCCC/C=C\CCCCCCCCCCCCCCCCCCCCCCCC(=O)OC(CO)COC(=O)CCCCCCCCCCCCCCCCCCCCCCCCC. The molecule has 0 aliphatic carbocycles. The monoisotopic (exact) mass is 987 g/mol. The number of hydrogen-bond donors (Lipinski definition) is 1. The predicted octanol–water partition coefficient (Wildman–Crippen LogP) is 21.9. The van der Waals surface area contributed by atoms with Crippen LogP contribution in [0.2, 0.25) is 0 Å². The molecule has 0 fully saturated rings. The topological polar surface area (TPSA) is 72.8 Å². The molecule has 0 aromatic carbocycles. The van der Waals surface area contributed by atoms with Crippen molar-refractivity contribution in [2.24, 2.45) is 0 Å². The second-order valence-corrected chi connectivity index (χ2v) is 22.2. The Balaban J connectivity index is 3.37. The summed E-state index contributed by atoms with van der Waals surface area (Å²) in [7, 11) is 0. The van der Waals surface area contributed by atoms with E-state index in [9.17, 15) is 14.7 Å². The minimum Gasteiger partial charge on any atom is -0.462 e. The van der Waals surface area contributed by atoms with Gasteiger partial charge in [0.15, 0.2) is 6.10 Å². The number of allylic oxidation sites excluding steroid dienone is 2. The molecule has 0 aliphatic heterocycles. The van der Waals surface area contributed by atoms with E-state index in [4.69, 9.17) is 9.47 Å². The molecule has 1 N–H and O–H groups in total. The molecule has 1 atom stereocenters. The summed E-state index contributed by atoms with van der Waals surface area (Å²) in [5.41, 5.74) is 0. The number of hydrogen-bond acceptors (Lipinski definition) is 5. The van der Waals surface area contributed by atoms with Gasteiger partial charge < -0.3 is 14.6 Å². The Morgan fingerprint density at radius 2 is 0.529 bits per heavy atom. The summed E-state index contributed by atoms with van der Waals surface area (Å²) in [6, 6.07) is 0. The van der Waals surface area contributed by atoms with E-state index in [-0.39, 0.29) is 25.2 Å². The summed E-state index contributed by atoms with van der Waals surface area (Å²) in [5, 5.41) is 9.68. The predicted molar refractivity (Wildman–Crippen MR) is 307 cm³/mol. The minimum absolute atomic E-state index is 0.0567. The van der Waals surface area contributed by atoms with Crippen LogP contribution in [0.25, 0.3) is 0 Å². The molecule has 0 saturated heterocycles. The van der Waals surface area contributed by atoms with Crippen molar-refractivity contribution in [3.05, 3.63) is 12.2 Å². The first-order chi connectivity index (χ1) is 34.6. The molecule has 5 nitrogen and oxygen atoms in total. The molecular weight excluding hydrogens is 861 g/mol. The van der Waals surface area contributed by atoms with E-state index in [2.05, 4.69) is 26.0 Å². The average Bonchev–Trinajstić information content (AvgIpc) is 3.36. The molecule has 0 rings (SSSR count). The third kappa shape index (κ3) is 59.2. The highest BCUT2D eigenvalue weighted by molar-refractivity contribution is 5.70. The van der Waals surface area contributed by atoms with Gasteiger partial charge >= 0.3 is 11.9 Å². The number of aliphatic hydroxyl groups is 1. The van der Waals surface area contributed by atoms with E-state index in [1.165, 1.54) is 315 Å². The number of carbonyl (C=O) groups is 2. The zero-order valence-electron chi connectivity index (χ0n) is 47.8. The summed E-state index contributed by atoms with van der Waals surface area (Å²) in [6.07, 6.45) is 78.0. The van der Waals surface area contributed by atoms with E-state index >= 15 is 0 Å². The van der Waals surface area contributed by atoms with Crippen molar-refractivity contribution >= 4 is 11.9 Å². The van der Waals surface area contributed by atoms with Crippen LogP contribution in [-0.2, 0) is 19.1 Å². The fourth-order valence-corrected chi connectivity index (χ4v) is 10.2. The fraction of sp³-hybridized carbons (Fsp3) is 0.938. The molecule has 0 aromatic heterocycles. The molecule has 0 spiro atoms. The molecular formula is C65H126O5. The van der Waals surface area contributed by atoms with Crippen LogP contribution in [0, 0.1) is 0 Å². The molecule has 0 amide bonds. The van der Waals surface area contributed by atoms with Crippen molar-refractivity contribution in [1.29, 1.82) is 0 Å². The molecule has 0 radical (unpaired) electrons. The Hall–Kier alpha value is -1.36. The second kappa shape index (κ2) is 61.9. The van der Waals surface area contributed by atoms with Gasteiger partial charge in [-0.25, -0.2) is 0 Å². The van der Waals surface area contributed by atoms with Crippen molar-refractivity contribution in [3.8, 4) is 0 Å². The molecule has 0 saturated carbocycles. The van der Waals surface area contributed by atoms with Gasteiger partial charge in [-0.05, 0) is 38.5 Å². The van der Waals surface area contributed by atoms with Crippen LogP contribution in [0.4, 0.5) is 0 Å². The highest BCUT2D eigenvalue weighted by Gasteiger charge is 2.16. The third-order valence-electron chi connectivity index (χ3n) is 15.1. The van der Waals surface area contributed by atoms with E-state index in [0.29, 0.717) is 12.8 Å². The number of unbranched alkanes of at least 4 members (excludes halogenated alkanes) is 51. The highest BCUT2D eigenvalue weighted by atomic mass is 16.6. The Kier molecular flexibility index (Phi) is 60.7. The second-order valence-electron chi connectivity index (χ2n) is 22.2. The van der Waals surface area contributed by atoms with Crippen molar-refractivity contribution in [2.45, 2.75) is 380 Å². The van der Waals surface area contributed by atoms with Gasteiger partial charge in [-0.15, -0.1) is 0 Å². The van der Waals surface area contributed by atoms with Gasteiger partial charge in [-0.2, -0.15) is 0 Å². The lowest BCUT2D eigenvalue weighted by Crippen LogP contribution is -2.28. The van der Waals surface area contributed by atoms with Crippen LogP contribution in [0.5, 0.6) is 0 Å². The summed E-state index contributed by atoms with van der Waals surface area (Å²) in [5.74, 6) is -0.563. The summed E-state index contributed by atoms with van der Waals surface area (Å²) >= 11 is 0. The van der Waals surface area contributed by atoms with Crippen LogP contribution >= 0.6 is 0 Å². The Morgan fingerprint density at radius 3 is 0.771 bits per heavy atom. The summed E-state index contributed by atoms with van der Waals surface area (Å²) < 4.78 is 10.7. The van der Waals surface area contributed by atoms with E-state index < -0.39 is 6.10 Å². The van der Waals surface area contributed by atoms with Gasteiger partial charge in [0.1, 0.15) is 6.61 Å². The Morgan fingerprint density at radius 1 is 0.314 bits per heavy atom. The number of rotatable bonds is 61. The number of aliphatic hydroxyl groups excluding tert-OH is 1. The third-order valence-corrected chi connectivity index (χ3v) is 15.1. The molecule has 0 heterocycles. The first-order valence-corrected chi connectivity index (χ1v) is 32.2. The van der Waals surface area contributed by atoms with Gasteiger partial charge in [0.2, 0.25) is 0 Å². The highest BCUT2D eigenvalue weighted by Crippen LogP contribution is 2.19.